The molecule has 2 N–H and O–H groups in total. The molecule has 1 atom stereocenters. The Hall–Kier alpha value is -2.62. The fraction of sp³-hybridized carbons (Fsp3) is 0.385. The fourth-order valence-corrected chi connectivity index (χ4v) is 1.72. The van der Waals surface area contributed by atoms with E-state index in [4.69, 9.17) is 10.4 Å². The zero-order valence-corrected chi connectivity index (χ0v) is 11.0. The topological polar surface area (TPSA) is 116 Å². The van der Waals surface area contributed by atoms with Gasteiger partial charge in [0.05, 0.1) is 16.2 Å². The second kappa shape index (κ2) is 7.09. The third-order valence-corrected chi connectivity index (χ3v) is 2.81. The van der Waals surface area contributed by atoms with E-state index < -0.39 is 16.9 Å². The number of nitrogens with one attached hydrogen (secondary N) is 1. The Labute approximate surface area is 116 Å². The lowest BCUT2D eigenvalue weighted by Gasteiger charge is -2.16. The summed E-state index contributed by atoms with van der Waals surface area (Å²) in [7, 11) is 0. The lowest BCUT2D eigenvalue weighted by Crippen LogP contribution is -2.29. The van der Waals surface area contributed by atoms with Crippen LogP contribution in [-0.4, -0.2) is 22.0 Å². The summed E-state index contributed by atoms with van der Waals surface area (Å²) in [4.78, 5) is 21.2. The molecule has 7 heteroatoms. The maximum atomic E-state index is 11.1. The zero-order chi connectivity index (χ0) is 15.1. The molecule has 0 radical (unpaired) electrons. The molecule has 0 amide bonds. The van der Waals surface area contributed by atoms with Crippen LogP contribution in [-0.2, 0) is 4.79 Å². The van der Waals surface area contributed by atoms with Crippen molar-refractivity contribution < 1.29 is 14.8 Å². The largest absolute Gasteiger partial charge is 0.480 e. The maximum absolute atomic E-state index is 11.1. The molecule has 0 aromatic heterocycles. The molecule has 1 rings (SSSR count). The van der Waals surface area contributed by atoms with Gasteiger partial charge in [-0.25, -0.2) is 4.79 Å². The summed E-state index contributed by atoms with van der Waals surface area (Å²) in [5, 5.41) is 31.5. The summed E-state index contributed by atoms with van der Waals surface area (Å²) in [6.45, 7) is 1.95. The lowest BCUT2D eigenvalue weighted by atomic mass is 10.1. The standard InChI is InChI=1S/C13H15N3O4/c1-2-3-4-12(13(17)18)15-11-6-5-10(16(19)20)7-9(11)8-14/h5-7,12,15H,2-4H2,1H3,(H,17,18)/t12-/m0/s1. The van der Waals surface area contributed by atoms with Crippen LogP contribution in [0.3, 0.4) is 0 Å². The molecule has 0 spiro atoms. The maximum Gasteiger partial charge on any atom is 0.326 e. The van der Waals surface area contributed by atoms with Crippen molar-refractivity contribution in [1.29, 1.82) is 5.26 Å². The molecule has 0 bridgehead atoms. The average molecular weight is 277 g/mol. The van der Waals surface area contributed by atoms with Crippen LogP contribution in [0.25, 0.3) is 0 Å². The molecule has 20 heavy (non-hydrogen) atoms. The van der Waals surface area contributed by atoms with E-state index in [-0.39, 0.29) is 11.3 Å². The van der Waals surface area contributed by atoms with E-state index in [0.29, 0.717) is 12.1 Å². The highest BCUT2D eigenvalue weighted by atomic mass is 16.6. The minimum Gasteiger partial charge on any atom is -0.480 e. The summed E-state index contributed by atoms with van der Waals surface area (Å²) in [5.74, 6) is -1.01. The molecule has 106 valence electrons. The van der Waals surface area contributed by atoms with Gasteiger partial charge in [0.1, 0.15) is 12.1 Å². The number of non-ortho nitro benzene ring substituents is 1. The van der Waals surface area contributed by atoms with Crippen LogP contribution in [0.15, 0.2) is 18.2 Å². The van der Waals surface area contributed by atoms with E-state index in [1.165, 1.54) is 12.1 Å². The van der Waals surface area contributed by atoms with Gasteiger partial charge in [0, 0.05) is 12.1 Å². The van der Waals surface area contributed by atoms with Gasteiger partial charge in [-0.15, -0.1) is 0 Å². The van der Waals surface area contributed by atoms with E-state index >= 15 is 0 Å². The van der Waals surface area contributed by atoms with E-state index in [1.807, 2.05) is 13.0 Å². The Kier molecular flexibility index (Phi) is 5.47. The molecular formula is C13H15N3O4. The number of nitriles is 1. The summed E-state index contributed by atoms with van der Waals surface area (Å²) in [6, 6.07) is 4.74. The van der Waals surface area contributed by atoms with E-state index in [9.17, 15) is 14.9 Å². The summed E-state index contributed by atoms with van der Waals surface area (Å²) in [5.41, 5.74) is 0.149. The molecule has 1 aromatic rings. The minimum absolute atomic E-state index is 0.0574. The van der Waals surface area contributed by atoms with Crippen molar-refractivity contribution in [2.45, 2.75) is 32.2 Å². The second-order valence-corrected chi connectivity index (χ2v) is 4.28. The molecule has 7 nitrogen and oxygen atoms in total. The first kappa shape index (κ1) is 15.4. The van der Waals surface area contributed by atoms with E-state index in [2.05, 4.69) is 5.32 Å². The van der Waals surface area contributed by atoms with Gasteiger partial charge in [-0.1, -0.05) is 19.8 Å². The zero-order valence-electron chi connectivity index (χ0n) is 11.0. The lowest BCUT2D eigenvalue weighted by molar-refractivity contribution is -0.384. The van der Waals surface area contributed by atoms with Crippen molar-refractivity contribution in [3.05, 3.63) is 33.9 Å². The Bertz CT molecular complexity index is 551. The molecule has 0 saturated heterocycles. The first-order chi connectivity index (χ1) is 9.49. The van der Waals surface area contributed by atoms with Crippen LogP contribution in [0, 0.1) is 21.4 Å². The predicted octanol–water partition coefficient (Wildman–Crippen LogP) is 2.52. The Balaban J connectivity index is 2.98. The van der Waals surface area contributed by atoms with Crippen molar-refractivity contribution in [2.24, 2.45) is 0 Å². The number of unbranched alkanes of at least 4 members (excludes halogenated alkanes) is 1. The summed E-state index contributed by atoms with van der Waals surface area (Å²) >= 11 is 0. The molecule has 0 aliphatic carbocycles. The Morgan fingerprint density at radius 2 is 2.30 bits per heavy atom. The Morgan fingerprint density at radius 3 is 2.80 bits per heavy atom. The number of carboxylic acids is 1. The number of rotatable bonds is 7. The van der Waals surface area contributed by atoms with Crippen LogP contribution < -0.4 is 5.32 Å². The fourth-order valence-electron chi connectivity index (χ4n) is 1.72. The monoisotopic (exact) mass is 277 g/mol. The van der Waals surface area contributed by atoms with Crippen molar-refractivity contribution in [3.8, 4) is 6.07 Å². The van der Waals surface area contributed by atoms with Gasteiger partial charge in [0.15, 0.2) is 0 Å². The van der Waals surface area contributed by atoms with Crippen molar-refractivity contribution >= 4 is 17.3 Å². The van der Waals surface area contributed by atoms with Crippen molar-refractivity contribution in [3.63, 3.8) is 0 Å². The number of carbonyl (C=O) groups is 1. The normalized spacial score (nSPS) is 11.4. The van der Waals surface area contributed by atoms with Crippen LogP contribution in [0.4, 0.5) is 11.4 Å². The Morgan fingerprint density at radius 1 is 1.60 bits per heavy atom. The number of nitro groups is 1. The number of hydrogen-bond acceptors (Lipinski definition) is 5. The number of hydrogen-bond donors (Lipinski definition) is 2. The number of benzene rings is 1. The van der Waals surface area contributed by atoms with Gasteiger partial charge >= 0.3 is 5.97 Å². The first-order valence-electron chi connectivity index (χ1n) is 6.17. The molecular weight excluding hydrogens is 262 g/mol. The molecule has 0 fully saturated rings. The molecule has 0 saturated carbocycles. The highest BCUT2D eigenvalue weighted by Crippen LogP contribution is 2.22. The predicted molar refractivity (Wildman–Crippen MR) is 72.4 cm³/mol. The third kappa shape index (κ3) is 3.95. The highest BCUT2D eigenvalue weighted by molar-refractivity contribution is 5.78. The molecule has 1 aromatic carbocycles. The van der Waals surface area contributed by atoms with E-state index in [1.54, 1.807) is 0 Å². The van der Waals surface area contributed by atoms with Gasteiger partial charge in [0.2, 0.25) is 0 Å². The molecule has 0 unspecified atom stereocenters. The molecule has 0 heterocycles. The number of anilines is 1. The smallest absolute Gasteiger partial charge is 0.326 e. The van der Waals surface area contributed by atoms with Crippen LogP contribution in [0.5, 0.6) is 0 Å². The molecule has 0 aliphatic heterocycles. The third-order valence-electron chi connectivity index (χ3n) is 2.81. The van der Waals surface area contributed by atoms with Gasteiger partial charge < -0.3 is 10.4 Å². The van der Waals surface area contributed by atoms with Crippen LogP contribution in [0.1, 0.15) is 31.7 Å². The van der Waals surface area contributed by atoms with Crippen LogP contribution >= 0.6 is 0 Å². The highest BCUT2D eigenvalue weighted by Gasteiger charge is 2.19. The van der Waals surface area contributed by atoms with Gasteiger partial charge in [0.25, 0.3) is 5.69 Å². The second-order valence-electron chi connectivity index (χ2n) is 4.28. The number of carboxylic acid groups (broad SMARTS) is 1. The summed E-state index contributed by atoms with van der Waals surface area (Å²) in [6.07, 6.45) is 2.02. The van der Waals surface area contributed by atoms with Crippen LogP contribution in [0.2, 0.25) is 0 Å². The quantitative estimate of drug-likeness (QED) is 0.584. The number of aliphatic carboxylic acids is 1. The first-order valence-corrected chi connectivity index (χ1v) is 6.17. The molecule has 0 aliphatic rings. The van der Waals surface area contributed by atoms with Crippen molar-refractivity contribution in [2.75, 3.05) is 5.32 Å². The van der Waals surface area contributed by atoms with Gasteiger partial charge in [-0.2, -0.15) is 5.26 Å². The summed E-state index contributed by atoms with van der Waals surface area (Å²) < 4.78 is 0. The SMILES string of the molecule is CCCC[C@H](Nc1ccc([N+](=O)[O-])cc1C#N)C(=O)O. The average Bonchev–Trinajstić information content (AvgIpc) is 2.42. The number of nitrogens with zero attached hydrogens (tertiary/aromatic N) is 2. The van der Waals surface area contributed by atoms with Gasteiger partial charge in [-0.05, 0) is 12.5 Å². The van der Waals surface area contributed by atoms with Gasteiger partial charge in [-0.3, -0.25) is 10.1 Å². The van der Waals surface area contributed by atoms with E-state index in [0.717, 1.165) is 18.9 Å². The minimum atomic E-state index is -1.01. The number of nitro benzene ring substituents is 1. The van der Waals surface area contributed by atoms with Crippen molar-refractivity contribution in [1.82, 2.24) is 0 Å².